The van der Waals surface area contributed by atoms with Crippen molar-refractivity contribution in [3.05, 3.63) is 62.6 Å². The lowest BCUT2D eigenvalue weighted by Gasteiger charge is -2.30. The summed E-state index contributed by atoms with van der Waals surface area (Å²) in [6.07, 6.45) is 3.79. The number of halogens is 1. The van der Waals surface area contributed by atoms with Crippen LogP contribution in [0.2, 0.25) is 0 Å². The molecule has 0 radical (unpaired) electrons. The molecule has 1 amide bonds. The van der Waals surface area contributed by atoms with E-state index in [0.29, 0.717) is 11.1 Å². The number of ketones is 1. The number of aliphatic hydroxyl groups excluding tert-OH is 1. The summed E-state index contributed by atoms with van der Waals surface area (Å²) in [6, 6.07) is 5.58. The monoisotopic (exact) mass is 399 g/mol. The summed E-state index contributed by atoms with van der Waals surface area (Å²) in [6.45, 7) is 3.55. The van der Waals surface area contributed by atoms with Crippen LogP contribution in [0.3, 0.4) is 0 Å². The lowest BCUT2D eigenvalue weighted by atomic mass is 9.97. The minimum absolute atomic E-state index is 0.00297. The molecule has 6 heteroatoms. The number of hydrogen-bond donors (Lipinski definition) is 1. The van der Waals surface area contributed by atoms with Crippen LogP contribution in [0.25, 0.3) is 5.76 Å². The topological polar surface area (TPSA) is 57.6 Å². The number of aryl methyl sites for hydroxylation is 2. The Bertz CT molecular complexity index is 987. The summed E-state index contributed by atoms with van der Waals surface area (Å²) in [5.74, 6) is -1.83. The molecule has 28 heavy (non-hydrogen) atoms. The van der Waals surface area contributed by atoms with E-state index in [2.05, 4.69) is 0 Å². The summed E-state index contributed by atoms with van der Waals surface area (Å²) < 4.78 is 13.7. The summed E-state index contributed by atoms with van der Waals surface area (Å²) in [5, 5.41) is 12.9. The fourth-order valence-corrected chi connectivity index (χ4v) is 5.31. The second kappa shape index (κ2) is 7.17. The van der Waals surface area contributed by atoms with Crippen molar-refractivity contribution >= 4 is 28.8 Å². The van der Waals surface area contributed by atoms with Gasteiger partial charge in [-0.15, -0.1) is 11.3 Å². The summed E-state index contributed by atoms with van der Waals surface area (Å²) in [4.78, 5) is 28.5. The molecule has 146 valence electrons. The molecule has 0 bridgehead atoms. The summed E-state index contributed by atoms with van der Waals surface area (Å²) in [7, 11) is 0. The molecule has 1 aliphatic heterocycles. The van der Waals surface area contributed by atoms with Crippen LogP contribution in [0.1, 0.15) is 53.3 Å². The van der Waals surface area contributed by atoms with E-state index in [-0.39, 0.29) is 23.2 Å². The molecule has 1 aromatic heterocycles. The zero-order valence-electron chi connectivity index (χ0n) is 15.9. The fraction of sp³-hybridized carbons (Fsp3) is 0.364. The lowest BCUT2D eigenvalue weighted by Crippen LogP contribution is -2.37. The predicted molar refractivity (Wildman–Crippen MR) is 107 cm³/mol. The van der Waals surface area contributed by atoms with Crippen molar-refractivity contribution in [2.24, 2.45) is 0 Å². The molecule has 0 spiro atoms. The predicted octanol–water partition coefficient (Wildman–Crippen LogP) is 4.87. The van der Waals surface area contributed by atoms with Gasteiger partial charge in [-0.1, -0.05) is 12.8 Å². The average molecular weight is 399 g/mol. The number of carbonyl (C=O) groups is 2. The van der Waals surface area contributed by atoms with Gasteiger partial charge in [0, 0.05) is 16.5 Å². The number of amides is 1. The molecule has 1 saturated heterocycles. The number of thiophene rings is 1. The molecule has 4 rings (SSSR count). The highest BCUT2D eigenvalue weighted by atomic mass is 32.1. The first-order valence-electron chi connectivity index (χ1n) is 9.50. The van der Waals surface area contributed by atoms with Crippen LogP contribution < -0.4 is 0 Å². The van der Waals surface area contributed by atoms with E-state index in [1.807, 2.05) is 18.4 Å². The van der Waals surface area contributed by atoms with Crippen LogP contribution in [0.4, 0.5) is 4.39 Å². The zero-order valence-corrected chi connectivity index (χ0v) is 16.7. The molecule has 1 aliphatic carbocycles. The van der Waals surface area contributed by atoms with Gasteiger partial charge in [0.2, 0.25) is 0 Å². The molecule has 1 N–H and O–H groups in total. The van der Waals surface area contributed by atoms with E-state index in [9.17, 15) is 19.1 Å². The Morgan fingerprint density at radius 3 is 2.46 bits per heavy atom. The molecule has 2 aliphatic rings. The van der Waals surface area contributed by atoms with Gasteiger partial charge in [0.25, 0.3) is 11.7 Å². The Labute approximate surface area is 167 Å². The first-order chi connectivity index (χ1) is 13.4. The molecule has 1 atom stereocenters. The third kappa shape index (κ3) is 2.96. The van der Waals surface area contributed by atoms with Gasteiger partial charge in [-0.3, -0.25) is 9.59 Å². The highest BCUT2D eigenvalue weighted by molar-refractivity contribution is 7.10. The van der Waals surface area contributed by atoms with Crippen LogP contribution in [0.15, 0.2) is 35.2 Å². The lowest BCUT2D eigenvalue weighted by molar-refractivity contribution is -0.141. The highest BCUT2D eigenvalue weighted by Crippen LogP contribution is 2.45. The normalized spacial score (nSPS) is 22.4. The molecule has 2 fully saturated rings. The molecule has 1 unspecified atom stereocenters. The maximum absolute atomic E-state index is 13.7. The number of likely N-dealkylation sites (tertiary alicyclic amines) is 1. The van der Waals surface area contributed by atoms with E-state index in [1.165, 1.54) is 29.5 Å². The van der Waals surface area contributed by atoms with Crippen LogP contribution in [-0.2, 0) is 9.59 Å². The van der Waals surface area contributed by atoms with Gasteiger partial charge in [-0.25, -0.2) is 4.39 Å². The number of aliphatic hydroxyl groups is 1. The maximum Gasteiger partial charge on any atom is 0.295 e. The van der Waals surface area contributed by atoms with E-state index in [4.69, 9.17) is 0 Å². The van der Waals surface area contributed by atoms with Crippen molar-refractivity contribution in [3.8, 4) is 0 Å². The van der Waals surface area contributed by atoms with Gasteiger partial charge in [0.05, 0.1) is 5.57 Å². The molecule has 2 heterocycles. The number of rotatable bonds is 3. The van der Waals surface area contributed by atoms with Crippen LogP contribution in [0.5, 0.6) is 0 Å². The van der Waals surface area contributed by atoms with Gasteiger partial charge in [-0.05, 0) is 67.5 Å². The van der Waals surface area contributed by atoms with Crippen molar-refractivity contribution in [3.63, 3.8) is 0 Å². The van der Waals surface area contributed by atoms with E-state index < -0.39 is 17.7 Å². The fourth-order valence-electron chi connectivity index (χ4n) is 4.28. The zero-order chi connectivity index (χ0) is 20.0. The molecular weight excluding hydrogens is 377 g/mol. The van der Waals surface area contributed by atoms with E-state index in [0.717, 1.165) is 36.1 Å². The molecule has 1 aromatic carbocycles. The van der Waals surface area contributed by atoms with Gasteiger partial charge >= 0.3 is 0 Å². The molecule has 4 nitrogen and oxygen atoms in total. The Balaban J connectivity index is 1.90. The summed E-state index contributed by atoms with van der Waals surface area (Å²) in [5.41, 5.74) is 1.81. The first kappa shape index (κ1) is 18.9. The van der Waals surface area contributed by atoms with Crippen LogP contribution >= 0.6 is 11.3 Å². The van der Waals surface area contributed by atoms with Gasteiger partial charge in [0.15, 0.2) is 0 Å². The SMILES string of the molecule is Cc1cc(/C(O)=C2/C(=O)C(=O)N(C3CCCC3)C2c2sccc2C)ccc1F. The van der Waals surface area contributed by atoms with Crippen molar-refractivity contribution in [1.29, 1.82) is 0 Å². The Kier molecular flexibility index (Phi) is 4.83. The average Bonchev–Trinajstić information content (AvgIpc) is 3.38. The third-order valence-electron chi connectivity index (χ3n) is 5.78. The van der Waals surface area contributed by atoms with Crippen molar-refractivity contribution in [2.75, 3.05) is 0 Å². The second-order valence-corrected chi connectivity index (χ2v) is 8.52. The van der Waals surface area contributed by atoms with Crippen molar-refractivity contribution in [2.45, 2.75) is 51.6 Å². The minimum atomic E-state index is -0.663. The molecular formula is C22H22FNO3S. The second-order valence-electron chi connectivity index (χ2n) is 7.58. The van der Waals surface area contributed by atoms with Gasteiger partial charge in [-0.2, -0.15) is 0 Å². The van der Waals surface area contributed by atoms with E-state index >= 15 is 0 Å². The van der Waals surface area contributed by atoms with Crippen LogP contribution in [-0.4, -0.2) is 27.7 Å². The smallest absolute Gasteiger partial charge is 0.295 e. The Morgan fingerprint density at radius 2 is 1.86 bits per heavy atom. The quantitative estimate of drug-likeness (QED) is 0.455. The largest absolute Gasteiger partial charge is 0.507 e. The number of hydrogen-bond acceptors (Lipinski definition) is 4. The maximum atomic E-state index is 13.7. The number of benzene rings is 1. The summed E-state index contributed by atoms with van der Waals surface area (Å²) >= 11 is 1.48. The standard InChI is InChI=1S/C22H22FNO3S/c1-12-9-10-28-21(12)18-17(19(25)14-7-8-16(23)13(2)11-14)20(26)22(27)24(18)15-5-3-4-6-15/h7-11,15,18,25H,3-6H2,1-2H3/b19-17-. The van der Waals surface area contributed by atoms with Gasteiger partial charge in [0.1, 0.15) is 17.6 Å². The van der Waals surface area contributed by atoms with Crippen LogP contribution in [0, 0.1) is 19.7 Å². The van der Waals surface area contributed by atoms with Gasteiger partial charge < -0.3 is 10.0 Å². The number of nitrogens with zero attached hydrogens (tertiary/aromatic N) is 1. The molecule has 1 saturated carbocycles. The van der Waals surface area contributed by atoms with Crippen molar-refractivity contribution < 1.29 is 19.1 Å². The molecule has 2 aromatic rings. The highest BCUT2D eigenvalue weighted by Gasteiger charge is 2.50. The Hall–Kier alpha value is -2.47. The number of Topliss-reactive ketones (excluding diaryl/α,β-unsaturated/α-hetero) is 1. The van der Waals surface area contributed by atoms with Crippen molar-refractivity contribution in [1.82, 2.24) is 4.90 Å². The third-order valence-corrected chi connectivity index (χ3v) is 6.85. The Morgan fingerprint density at radius 1 is 1.14 bits per heavy atom. The minimum Gasteiger partial charge on any atom is -0.507 e. The van der Waals surface area contributed by atoms with E-state index in [1.54, 1.807) is 11.8 Å². The number of carbonyl (C=O) groups excluding carboxylic acids is 2. The first-order valence-corrected chi connectivity index (χ1v) is 10.4.